The van der Waals surface area contributed by atoms with E-state index in [0.717, 1.165) is 17.5 Å². The SMILES string of the molecule is C[C@@H](N)C(=O)N[C@@H](CC(=O)N(CCN)CCN)C(=O)N[C@@H](Cc1ccc(C(F)(F)F)cc1)C(=O)Nc1cnc2ccccc2c1. The molecule has 12 nitrogen and oxygen atoms in total. The highest BCUT2D eigenvalue weighted by molar-refractivity contribution is 6.00. The summed E-state index contributed by atoms with van der Waals surface area (Å²) in [6.07, 6.45) is -3.85. The average Bonchev–Trinajstić information content (AvgIpc) is 2.99. The van der Waals surface area contributed by atoms with Crippen LogP contribution in [0.2, 0.25) is 0 Å². The fourth-order valence-corrected chi connectivity index (χ4v) is 4.40. The van der Waals surface area contributed by atoms with E-state index in [0.29, 0.717) is 16.8 Å². The van der Waals surface area contributed by atoms with Crippen LogP contribution >= 0.6 is 0 Å². The number of alkyl halides is 3. The number of benzene rings is 2. The summed E-state index contributed by atoms with van der Waals surface area (Å²) in [4.78, 5) is 58.2. The van der Waals surface area contributed by atoms with Gasteiger partial charge in [-0.05, 0) is 36.8 Å². The third-order valence-electron chi connectivity index (χ3n) is 6.79. The Morgan fingerprint density at radius 3 is 2.11 bits per heavy atom. The van der Waals surface area contributed by atoms with Crippen molar-refractivity contribution in [3.8, 4) is 0 Å². The molecule has 4 amide bonds. The minimum absolute atomic E-state index is 0.133. The van der Waals surface area contributed by atoms with E-state index in [1.54, 1.807) is 30.3 Å². The van der Waals surface area contributed by atoms with Crippen LogP contribution in [0.5, 0.6) is 0 Å². The van der Waals surface area contributed by atoms with E-state index in [4.69, 9.17) is 17.2 Å². The lowest BCUT2D eigenvalue weighted by Crippen LogP contribution is -2.56. The minimum atomic E-state index is -4.56. The van der Waals surface area contributed by atoms with Gasteiger partial charge in [0.2, 0.25) is 23.6 Å². The molecule has 9 N–H and O–H groups in total. The van der Waals surface area contributed by atoms with Gasteiger partial charge in [-0.1, -0.05) is 30.3 Å². The molecule has 0 spiro atoms. The number of pyridine rings is 1. The van der Waals surface area contributed by atoms with E-state index in [1.807, 2.05) is 0 Å². The number of hydrogen-bond donors (Lipinski definition) is 6. The second kappa shape index (κ2) is 15.9. The second-order valence-electron chi connectivity index (χ2n) is 10.4. The van der Waals surface area contributed by atoms with Crippen molar-refractivity contribution in [1.82, 2.24) is 20.5 Å². The standard InChI is InChI=1S/C30H37F3N8O4/c1-18(36)27(43)39-25(16-26(42)41(12-10-34)13-11-35)29(45)40-24(14-19-6-8-21(9-7-19)30(31,32)33)28(44)38-22-15-20-4-2-3-5-23(20)37-17-22/h2-9,15,17-18,24-25H,10-14,16,34-36H2,1H3,(H,38,44)(H,39,43)(H,40,45)/t18-,24+,25+/m1/s1. The molecular formula is C30H37F3N8O4. The number of nitrogens with zero attached hydrogens (tertiary/aromatic N) is 2. The van der Waals surface area contributed by atoms with Gasteiger partial charge in [0.05, 0.1) is 35.4 Å². The van der Waals surface area contributed by atoms with Gasteiger partial charge in [0.15, 0.2) is 0 Å². The monoisotopic (exact) mass is 630 g/mol. The molecule has 0 aliphatic carbocycles. The number of carbonyl (C=O) groups is 4. The fourth-order valence-electron chi connectivity index (χ4n) is 4.40. The predicted octanol–water partition coefficient (Wildman–Crippen LogP) is 0.888. The number of nitrogens with two attached hydrogens (primary N) is 3. The van der Waals surface area contributed by atoms with Gasteiger partial charge in [0, 0.05) is 38.0 Å². The Morgan fingerprint density at radius 2 is 1.51 bits per heavy atom. The summed E-state index contributed by atoms with van der Waals surface area (Å²) in [6.45, 7) is 1.97. The Labute approximate surface area is 257 Å². The first kappa shape index (κ1) is 34.9. The first-order chi connectivity index (χ1) is 21.3. The van der Waals surface area contributed by atoms with Gasteiger partial charge >= 0.3 is 6.18 Å². The molecule has 0 bridgehead atoms. The Kier molecular flexibility index (Phi) is 12.3. The molecular weight excluding hydrogens is 593 g/mol. The number of anilines is 1. The zero-order valence-corrected chi connectivity index (χ0v) is 24.6. The van der Waals surface area contributed by atoms with Crippen LogP contribution in [0.1, 0.15) is 24.5 Å². The van der Waals surface area contributed by atoms with Crippen molar-refractivity contribution in [2.75, 3.05) is 31.5 Å². The van der Waals surface area contributed by atoms with E-state index >= 15 is 0 Å². The Balaban J connectivity index is 1.90. The van der Waals surface area contributed by atoms with Crippen LogP contribution in [0.4, 0.5) is 18.9 Å². The highest BCUT2D eigenvalue weighted by atomic mass is 19.4. The van der Waals surface area contributed by atoms with Crippen LogP contribution in [-0.4, -0.2) is 77.8 Å². The zero-order chi connectivity index (χ0) is 33.1. The van der Waals surface area contributed by atoms with Crippen molar-refractivity contribution in [2.45, 2.75) is 44.1 Å². The first-order valence-corrected chi connectivity index (χ1v) is 14.2. The third kappa shape index (κ3) is 10.2. The van der Waals surface area contributed by atoms with E-state index in [-0.39, 0.29) is 32.6 Å². The van der Waals surface area contributed by atoms with Gasteiger partial charge in [0.25, 0.3) is 0 Å². The summed E-state index contributed by atoms with van der Waals surface area (Å²) in [7, 11) is 0. The number of rotatable bonds is 14. The molecule has 1 heterocycles. The molecule has 3 rings (SSSR count). The Bertz CT molecular complexity index is 1480. The van der Waals surface area contributed by atoms with Crippen LogP contribution in [0.3, 0.4) is 0 Å². The number of aromatic nitrogens is 1. The summed E-state index contributed by atoms with van der Waals surface area (Å²) in [5, 5.41) is 8.40. The van der Waals surface area contributed by atoms with Crippen molar-refractivity contribution in [1.29, 1.82) is 0 Å². The molecule has 3 aromatic rings. The fraction of sp³-hybridized carbons (Fsp3) is 0.367. The Morgan fingerprint density at radius 1 is 0.889 bits per heavy atom. The molecule has 3 atom stereocenters. The summed E-state index contributed by atoms with van der Waals surface area (Å²) in [6, 6.07) is 9.18. The largest absolute Gasteiger partial charge is 0.416 e. The number of fused-ring (bicyclic) bond motifs is 1. The molecule has 0 aliphatic rings. The van der Waals surface area contributed by atoms with Crippen molar-refractivity contribution in [3.05, 3.63) is 71.9 Å². The average molecular weight is 631 g/mol. The maximum Gasteiger partial charge on any atom is 0.416 e. The van der Waals surface area contributed by atoms with Gasteiger partial charge in [0.1, 0.15) is 12.1 Å². The lowest BCUT2D eigenvalue weighted by atomic mass is 10.0. The third-order valence-corrected chi connectivity index (χ3v) is 6.79. The lowest BCUT2D eigenvalue weighted by Gasteiger charge is -2.26. The smallest absolute Gasteiger partial charge is 0.342 e. The van der Waals surface area contributed by atoms with E-state index in [2.05, 4.69) is 20.9 Å². The van der Waals surface area contributed by atoms with Crippen LogP contribution in [0.15, 0.2) is 60.8 Å². The maximum atomic E-state index is 13.6. The molecule has 0 saturated carbocycles. The van der Waals surface area contributed by atoms with Crippen molar-refractivity contribution < 1.29 is 32.3 Å². The van der Waals surface area contributed by atoms with Gasteiger partial charge in [-0.2, -0.15) is 13.2 Å². The van der Waals surface area contributed by atoms with Crippen LogP contribution < -0.4 is 33.2 Å². The van der Waals surface area contributed by atoms with Crippen molar-refractivity contribution in [2.24, 2.45) is 17.2 Å². The molecule has 0 fully saturated rings. The number of halogens is 3. The number of nitrogens with one attached hydrogen (secondary N) is 3. The minimum Gasteiger partial charge on any atom is -0.342 e. The quantitative estimate of drug-likeness (QED) is 0.151. The zero-order valence-electron chi connectivity index (χ0n) is 24.6. The highest BCUT2D eigenvalue weighted by Gasteiger charge is 2.32. The van der Waals surface area contributed by atoms with Gasteiger partial charge in [-0.25, -0.2) is 0 Å². The first-order valence-electron chi connectivity index (χ1n) is 14.2. The predicted molar refractivity (Wildman–Crippen MR) is 162 cm³/mol. The van der Waals surface area contributed by atoms with Crippen LogP contribution in [0, 0.1) is 0 Å². The molecule has 1 aromatic heterocycles. The topological polar surface area (TPSA) is 199 Å². The molecule has 0 unspecified atom stereocenters. The molecule has 242 valence electrons. The molecule has 2 aromatic carbocycles. The second-order valence-corrected chi connectivity index (χ2v) is 10.4. The molecule has 45 heavy (non-hydrogen) atoms. The van der Waals surface area contributed by atoms with Crippen molar-refractivity contribution in [3.63, 3.8) is 0 Å². The van der Waals surface area contributed by atoms with Crippen LogP contribution in [-0.2, 0) is 31.8 Å². The van der Waals surface area contributed by atoms with E-state index in [1.165, 1.54) is 30.2 Å². The molecule has 0 saturated heterocycles. The maximum absolute atomic E-state index is 13.6. The molecule has 0 aliphatic heterocycles. The summed E-state index contributed by atoms with van der Waals surface area (Å²) in [5.74, 6) is -2.85. The van der Waals surface area contributed by atoms with Gasteiger partial charge in [-0.3, -0.25) is 24.2 Å². The number of carbonyl (C=O) groups excluding carboxylic acids is 4. The number of amides is 4. The van der Waals surface area contributed by atoms with Crippen molar-refractivity contribution >= 4 is 40.2 Å². The normalized spacial score (nSPS) is 13.4. The number of para-hydroxylation sites is 1. The lowest BCUT2D eigenvalue weighted by molar-refractivity contribution is -0.138. The molecule has 0 radical (unpaired) electrons. The van der Waals surface area contributed by atoms with E-state index < -0.39 is 59.9 Å². The Hall–Kier alpha value is -4.60. The van der Waals surface area contributed by atoms with Gasteiger partial charge in [-0.15, -0.1) is 0 Å². The number of hydrogen-bond acceptors (Lipinski definition) is 8. The highest BCUT2D eigenvalue weighted by Crippen LogP contribution is 2.29. The summed E-state index contributed by atoms with van der Waals surface area (Å²) >= 11 is 0. The van der Waals surface area contributed by atoms with Gasteiger partial charge < -0.3 is 38.1 Å². The molecule has 15 heteroatoms. The van der Waals surface area contributed by atoms with Crippen LogP contribution in [0.25, 0.3) is 10.9 Å². The summed E-state index contributed by atoms with van der Waals surface area (Å²) < 4.78 is 39.4. The van der Waals surface area contributed by atoms with E-state index in [9.17, 15) is 32.3 Å². The summed E-state index contributed by atoms with van der Waals surface area (Å²) in [5.41, 5.74) is 17.3.